The molecule has 110 valence electrons. The third kappa shape index (κ3) is 4.37. The predicted octanol–water partition coefficient (Wildman–Crippen LogP) is 2.82. The summed E-state index contributed by atoms with van der Waals surface area (Å²) >= 11 is 0. The van der Waals surface area contributed by atoms with Gasteiger partial charge in [-0.05, 0) is 51.9 Å². The highest BCUT2D eigenvalue weighted by atomic mass is 16.6. The highest BCUT2D eigenvalue weighted by Crippen LogP contribution is 2.39. The van der Waals surface area contributed by atoms with E-state index < -0.39 is 5.60 Å². The maximum Gasteiger partial charge on any atom is 0.407 e. The van der Waals surface area contributed by atoms with Crippen LogP contribution in [0.5, 0.6) is 0 Å². The third-order valence-corrected chi connectivity index (χ3v) is 4.24. The monoisotopic (exact) mass is 268 g/mol. The van der Waals surface area contributed by atoms with Crippen molar-refractivity contribution in [2.45, 2.75) is 77.5 Å². The third-order valence-electron chi connectivity index (χ3n) is 4.24. The molecule has 2 saturated carbocycles. The standard InChI is InChI=1S/C15H28N2O2/c1-14(2,3)19-13(18)17-12-8-11(9-12)16-10-15(4)6-5-7-15/h11-12,16H,5-10H2,1-4H3,(H,17,18). The maximum absolute atomic E-state index is 11.6. The normalized spacial score (nSPS) is 29.1. The molecule has 0 heterocycles. The van der Waals surface area contributed by atoms with Crippen molar-refractivity contribution in [2.24, 2.45) is 5.41 Å². The summed E-state index contributed by atoms with van der Waals surface area (Å²) in [7, 11) is 0. The number of alkyl carbamates (subject to hydrolysis) is 1. The lowest BCUT2D eigenvalue weighted by atomic mass is 9.70. The number of carbonyl (C=O) groups excluding carboxylic acids is 1. The fourth-order valence-corrected chi connectivity index (χ4v) is 2.72. The smallest absolute Gasteiger partial charge is 0.407 e. The maximum atomic E-state index is 11.6. The zero-order chi connectivity index (χ0) is 14.1. The second kappa shape index (κ2) is 5.31. The van der Waals surface area contributed by atoms with Crippen molar-refractivity contribution < 1.29 is 9.53 Å². The molecule has 4 heteroatoms. The van der Waals surface area contributed by atoms with Crippen LogP contribution in [0.15, 0.2) is 0 Å². The van der Waals surface area contributed by atoms with E-state index in [4.69, 9.17) is 4.74 Å². The molecule has 0 radical (unpaired) electrons. The number of carbonyl (C=O) groups is 1. The molecule has 0 bridgehead atoms. The highest BCUT2D eigenvalue weighted by Gasteiger charge is 2.35. The summed E-state index contributed by atoms with van der Waals surface area (Å²) in [5.41, 5.74) is 0.119. The van der Waals surface area contributed by atoms with Gasteiger partial charge in [0.25, 0.3) is 0 Å². The first-order chi connectivity index (χ1) is 8.76. The molecule has 0 atom stereocenters. The van der Waals surface area contributed by atoms with Gasteiger partial charge in [-0.2, -0.15) is 0 Å². The Balaban J connectivity index is 1.57. The molecule has 2 rings (SSSR count). The number of amides is 1. The molecular weight excluding hydrogens is 240 g/mol. The molecule has 0 aliphatic heterocycles. The summed E-state index contributed by atoms with van der Waals surface area (Å²) in [6, 6.07) is 0.846. The van der Waals surface area contributed by atoms with E-state index in [1.807, 2.05) is 20.8 Å². The molecule has 0 aromatic carbocycles. The first kappa shape index (κ1) is 14.6. The van der Waals surface area contributed by atoms with E-state index in [0.717, 1.165) is 19.4 Å². The van der Waals surface area contributed by atoms with Gasteiger partial charge in [0, 0.05) is 18.6 Å². The van der Waals surface area contributed by atoms with Crippen molar-refractivity contribution >= 4 is 6.09 Å². The topological polar surface area (TPSA) is 50.4 Å². The van der Waals surface area contributed by atoms with Crippen LogP contribution in [0.2, 0.25) is 0 Å². The quantitative estimate of drug-likeness (QED) is 0.824. The summed E-state index contributed by atoms with van der Waals surface area (Å²) < 4.78 is 5.25. The fraction of sp³-hybridized carbons (Fsp3) is 0.933. The second-order valence-corrected chi connectivity index (χ2v) is 7.56. The molecule has 2 aliphatic carbocycles. The zero-order valence-corrected chi connectivity index (χ0v) is 12.7. The highest BCUT2D eigenvalue weighted by molar-refractivity contribution is 5.68. The molecule has 0 aromatic rings. The summed E-state index contributed by atoms with van der Waals surface area (Å²) in [6.45, 7) is 9.14. The van der Waals surface area contributed by atoms with Crippen molar-refractivity contribution in [3.8, 4) is 0 Å². The van der Waals surface area contributed by atoms with Gasteiger partial charge >= 0.3 is 6.09 Å². The fourth-order valence-electron chi connectivity index (χ4n) is 2.72. The van der Waals surface area contributed by atoms with E-state index in [-0.39, 0.29) is 12.1 Å². The van der Waals surface area contributed by atoms with E-state index in [0.29, 0.717) is 11.5 Å². The Hall–Kier alpha value is -0.770. The SMILES string of the molecule is CC1(CNC2CC(NC(=O)OC(C)(C)C)C2)CCC1. The van der Waals surface area contributed by atoms with Crippen molar-refractivity contribution in [1.29, 1.82) is 0 Å². The van der Waals surface area contributed by atoms with Crippen molar-refractivity contribution in [2.75, 3.05) is 6.54 Å². The molecule has 1 amide bonds. The van der Waals surface area contributed by atoms with Crippen LogP contribution in [0, 0.1) is 5.41 Å². The van der Waals surface area contributed by atoms with Crippen molar-refractivity contribution in [3.05, 3.63) is 0 Å². The van der Waals surface area contributed by atoms with Crippen LogP contribution in [0.3, 0.4) is 0 Å². The second-order valence-electron chi connectivity index (χ2n) is 7.56. The molecule has 0 saturated heterocycles. The van der Waals surface area contributed by atoms with Gasteiger partial charge < -0.3 is 15.4 Å². The summed E-state index contributed by atoms with van der Waals surface area (Å²) in [5, 5.41) is 6.55. The molecule has 0 aromatic heterocycles. The number of rotatable bonds is 4. The van der Waals surface area contributed by atoms with E-state index in [2.05, 4.69) is 17.6 Å². The lowest BCUT2D eigenvalue weighted by molar-refractivity contribution is 0.0457. The van der Waals surface area contributed by atoms with Gasteiger partial charge in [-0.15, -0.1) is 0 Å². The van der Waals surface area contributed by atoms with Crippen LogP contribution in [0.1, 0.15) is 59.8 Å². The minimum Gasteiger partial charge on any atom is -0.444 e. The lowest BCUT2D eigenvalue weighted by Crippen LogP contribution is -2.55. The summed E-state index contributed by atoms with van der Waals surface area (Å²) in [6.07, 6.45) is 5.84. The molecule has 2 aliphatic rings. The minimum absolute atomic E-state index is 0.279. The first-order valence-corrected chi connectivity index (χ1v) is 7.49. The predicted molar refractivity (Wildman–Crippen MR) is 76.1 cm³/mol. The molecular formula is C15H28N2O2. The van der Waals surface area contributed by atoms with Crippen molar-refractivity contribution in [1.82, 2.24) is 10.6 Å². The van der Waals surface area contributed by atoms with Crippen LogP contribution < -0.4 is 10.6 Å². The molecule has 4 nitrogen and oxygen atoms in total. The number of hydrogen-bond acceptors (Lipinski definition) is 3. The van der Waals surface area contributed by atoms with Gasteiger partial charge in [0.05, 0.1) is 0 Å². The van der Waals surface area contributed by atoms with Gasteiger partial charge in [0.15, 0.2) is 0 Å². The van der Waals surface area contributed by atoms with E-state index in [1.165, 1.54) is 19.3 Å². The Bertz CT molecular complexity index is 326. The summed E-state index contributed by atoms with van der Waals surface area (Å²) in [5.74, 6) is 0. The van der Waals surface area contributed by atoms with Crippen LogP contribution in [0.25, 0.3) is 0 Å². The van der Waals surface area contributed by atoms with Gasteiger partial charge in [-0.3, -0.25) is 0 Å². The van der Waals surface area contributed by atoms with Crippen LogP contribution in [0.4, 0.5) is 4.79 Å². The van der Waals surface area contributed by atoms with Crippen LogP contribution >= 0.6 is 0 Å². The van der Waals surface area contributed by atoms with Crippen molar-refractivity contribution in [3.63, 3.8) is 0 Å². The Kier molecular flexibility index (Phi) is 4.09. The zero-order valence-electron chi connectivity index (χ0n) is 12.7. The lowest BCUT2D eigenvalue weighted by Gasteiger charge is -2.43. The Morgan fingerprint density at radius 1 is 1.26 bits per heavy atom. The van der Waals surface area contributed by atoms with Gasteiger partial charge in [-0.1, -0.05) is 13.3 Å². The van der Waals surface area contributed by atoms with E-state index >= 15 is 0 Å². The van der Waals surface area contributed by atoms with E-state index in [9.17, 15) is 4.79 Å². The van der Waals surface area contributed by atoms with Gasteiger partial charge in [-0.25, -0.2) is 4.79 Å². The molecule has 2 N–H and O–H groups in total. The average Bonchev–Trinajstić information content (AvgIpc) is 2.15. The van der Waals surface area contributed by atoms with Crippen LogP contribution in [-0.2, 0) is 4.74 Å². The first-order valence-electron chi connectivity index (χ1n) is 7.49. The molecule has 0 spiro atoms. The molecule has 2 fully saturated rings. The number of nitrogens with one attached hydrogen (secondary N) is 2. The Morgan fingerprint density at radius 3 is 2.37 bits per heavy atom. The summed E-state index contributed by atoms with van der Waals surface area (Å²) in [4.78, 5) is 11.6. The van der Waals surface area contributed by atoms with Gasteiger partial charge in [0.2, 0.25) is 0 Å². The van der Waals surface area contributed by atoms with Gasteiger partial charge in [0.1, 0.15) is 5.60 Å². The molecule has 0 unspecified atom stereocenters. The Labute approximate surface area is 116 Å². The minimum atomic E-state index is -0.412. The molecule has 19 heavy (non-hydrogen) atoms. The van der Waals surface area contributed by atoms with Crippen LogP contribution in [-0.4, -0.2) is 30.3 Å². The number of hydrogen-bond donors (Lipinski definition) is 2. The largest absolute Gasteiger partial charge is 0.444 e. The Morgan fingerprint density at radius 2 is 1.89 bits per heavy atom. The average molecular weight is 268 g/mol. The van der Waals surface area contributed by atoms with E-state index in [1.54, 1.807) is 0 Å². The number of ether oxygens (including phenoxy) is 1.